The zero-order valence-corrected chi connectivity index (χ0v) is 19.6. The topological polar surface area (TPSA) is 58.6 Å². The molecule has 0 spiro atoms. The van der Waals surface area contributed by atoms with Gasteiger partial charge in [-0.2, -0.15) is 0 Å². The van der Waals surface area contributed by atoms with Gasteiger partial charge in [0.2, 0.25) is 11.8 Å². The van der Waals surface area contributed by atoms with Crippen LogP contribution in [-0.4, -0.2) is 18.4 Å². The van der Waals surface area contributed by atoms with E-state index in [1.807, 2.05) is 67.6 Å². The van der Waals surface area contributed by atoms with Crippen molar-refractivity contribution in [2.75, 3.05) is 16.8 Å². The fourth-order valence-corrected chi connectivity index (χ4v) is 3.99. The van der Waals surface area contributed by atoms with Crippen LogP contribution < -0.4 is 15.0 Å². The number of hydrogen-bond acceptors (Lipinski definition) is 3. The highest BCUT2D eigenvalue weighted by Crippen LogP contribution is 2.30. The van der Waals surface area contributed by atoms with E-state index in [0.717, 1.165) is 17.0 Å². The van der Waals surface area contributed by atoms with Gasteiger partial charge >= 0.3 is 0 Å². The molecule has 3 aromatic carbocycles. The summed E-state index contributed by atoms with van der Waals surface area (Å²) in [6.45, 7) is 8.90. The Balaban J connectivity index is 1.36. The van der Waals surface area contributed by atoms with Crippen LogP contribution in [0.3, 0.4) is 0 Å². The van der Waals surface area contributed by atoms with Crippen LogP contribution in [0.4, 0.5) is 11.4 Å². The van der Waals surface area contributed by atoms with E-state index in [1.54, 1.807) is 4.90 Å². The average molecular weight is 443 g/mol. The quantitative estimate of drug-likeness (QED) is 0.521. The van der Waals surface area contributed by atoms with Crippen molar-refractivity contribution in [3.05, 3.63) is 83.9 Å². The molecule has 1 aliphatic heterocycles. The third-order valence-electron chi connectivity index (χ3n) is 5.98. The lowest BCUT2D eigenvalue weighted by molar-refractivity contribution is -0.122. The van der Waals surface area contributed by atoms with Crippen molar-refractivity contribution in [2.45, 2.75) is 39.5 Å². The minimum atomic E-state index is -0.380. The lowest BCUT2D eigenvalue weighted by Gasteiger charge is -2.19. The van der Waals surface area contributed by atoms with Gasteiger partial charge in [0.15, 0.2) is 0 Å². The maximum atomic E-state index is 12.8. The van der Waals surface area contributed by atoms with E-state index in [0.29, 0.717) is 18.0 Å². The Morgan fingerprint density at radius 1 is 0.939 bits per heavy atom. The lowest BCUT2D eigenvalue weighted by atomic mass is 9.87. The third-order valence-corrected chi connectivity index (χ3v) is 5.98. The number of hydrogen-bond donors (Lipinski definition) is 1. The van der Waals surface area contributed by atoms with Gasteiger partial charge in [0.1, 0.15) is 11.5 Å². The Morgan fingerprint density at radius 2 is 1.55 bits per heavy atom. The smallest absolute Gasteiger partial charge is 0.229 e. The summed E-state index contributed by atoms with van der Waals surface area (Å²) in [7, 11) is 0. The number of anilines is 2. The van der Waals surface area contributed by atoms with Crippen LogP contribution >= 0.6 is 0 Å². The second-order valence-corrected chi connectivity index (χ2v) is 9.58. The van der Waals surface area contributed by atoms with Gasteiger partial charge in [0.25, 0.3) is 0 Å². The number of benzene rings is 3. The molecule has 5 nitrogen and oxygen atoms in total. The normalized spacial score (nSPS) is 16.1. The highest BCUT2D eigenvalue weighted by atomic mass is 16.5. The molecule has 33 heavy (non-hydrogen) atoms. The molecule has 0 bridgehead atoms. The predicted octanol–water partition coefficient (Wildman–Crippen LogP) is 6.08. The number of carbonyl (C=O) groups is 2. The van der Waals surface area contributed by atoms with Crippen LogP contribution in [0.5, 0.6) is 11.5 Å². The lowest BCUT2D eigenvalue weighted by Crippen LogP contribution is -2.28. The summed E-state index contributed by atoms with van der Waals surface area (Å²) in [5.41, 5.74) is 3.92. The maximum absolute atomic E-state index is 12.8. The number of rotatable bonds is 5. The zero-order chi connectivity index (χ0) is 23.6. The van der Waals surface area contributed by atoms with Gasteiger partial charge in [-0.15, -0.1) is 0 Å². The Bertz CT molecular complexity index is 1150. The van der Waals surface area contributed by atoms with Gasteiger partial charge in [-0.1, -0.05) is 51.1 Å². The molecule has 1 fully saturated rings. The van der Waals surface area contributed by atoms with Gasteiger partial charge in [-0.05, 0) is 65.9 Å². The van der Waals surface area contributed by atoms with Crippen molar-refractivity contribution < 1.29 is 14.3 Å². The number of amides is 2. The van der Waals surface area contributed by atoms with Crippen molar-refractivity contribution in [1.29, 1.82) is 0 Å². The fraction of sp³-hybridized carbons (Fsp3) is 0.286. The minimum absolute atomic E-state index is 0.0225. The van der Waals surface area contributed by atoms with Crippen LogP contribution in [0.15, 0.2) is 72.8 Å². The average Bonchev–Trinajstić information content (AvgIpc) is 3.17. The largest absolute Gasteiger partial charge is 0.457 e. The van der Waals surface area contributed by atoms with Gasteiger partial charge in [0, 0.05) is 24.3 Å². The van der Waals surface area contributed by atoms with E-state index in [1.165, 1.54) is 5.56 Å². The first kappa shape index (κ1) is 22.6. The standard InChI is InChI=1S/C28H30N2O3/c1-19-7-5-6-8-25(19)30-18-20(17-26(30)31)27(32)29-22-11-15-24(16-12-22)33-23-13-9-21(10-14-23)28(2,3)4/h5-16,20H,17-18H2,1-4H3,(H,29,32)/t20-/m0/s1. The molecule has 1 saturated heterocycles. The minimum Gasteiger partial charge on any atom is -0.457 e. The van der Waals surface area contributed by atoms with Gasteiger partial charge in [-0.3, -0.25) is 9.59 Å². The molecule has 1 heterocycles. The Kier molecular flexibility index (Phi) is 6.23. The zero-order valence-electron chi connectivity index (χ0n) is 19.6. The Labute approximate surface area is 195 Å². The number of aryl methyl sites for hydroxylation is 1. The highest BCUT2D eigenvalue weighted by Gasteiger charge is 2.35. The molecule has 0 aromatic heterocycles. The molecule has 0 unspecified atom stereocenters. The molecular formula is C28H30N2O3. The fourth-order valence-electron chi connectivity index (χ4n) is 3.99. The Morgan fingerprint density at radius 3 is 2.15 bits per heavy atom. The van der Waals surface area contributed by atoms with Crippen LogP contribution in [0.25, 0.3) is 0 Å². The van der Waals surface area contributed by atoms with E-state index in [2.05, 4.69) is 38.2 Å². The van der Waals surface area contributed by atoms with Crippen molar-refractivity contribution in [2.24, 2.45) is 5.92 Å². The van der Waals surface area contributed by atoms with Crippen molar-refractivity contribution in [3.63, 3.8) is 0 Å². The van der Waals surface area contributed by atoms with Gasteiger partial charge in [-0.25, -0.2) is 0 Å². The van der Waals surface area contributed by atoms with E-state index in [9.17, 15) is 9.59 Å². The predicted molar refractivity (Wildman–Crippen MR) is 132 cm³/mol. The summed E-state index contributed by atoms with van der Waals surface area (Å²) >= 11 is 0. The van der Waals surface area contributed by atoms with Crippen LogP contribution in [0.1, 0.15) is 38.3 Å². The first-order valence-corrected chi connectivity index (χ1v) is 11.3. The molecule has 1 atom stereocenters. The molecular weight excluding hydrogens is 412 g/mol. The number of carbonyl (C=O) groups excluding carboxylic acids is 2. The summed E-state index contributed by atoms with van der Waals surface area (Å²) in [6, 6.07) is 23.1. The number of nitrogens with one attached hydrogen (secondary N) is 1. The summed E-state index contributed by atoms with van der Waals surface area (Å²) in [6.07, 6.45) is 0.214. The molecule has 0 aliphatic carbocycles. The number of ether oxygens (including phenoxy) is 1. The van der Waals surface area contributed by atoms with E-state index >= 15 is 0 Å². The summed E-state index contributed by atoms with van der Waals surface area (Å²) in [5, 5.41) is 2.93. The summed E-state index contributed by atoms with van der Waals surface area (Å²) in [5.74, 6) is 0.907. The van der Waals surface area contributed by atoms with Crippen molar-refractivity contribution in [1.82, 2.24) is 0 Å². The first-order chi connectivity index (χ1) is 15.7. The van der Waals surface area contributed by atoms with E-state index < -0.39 is 0 Å². The van der Waals surface area contributed by atoms with Crippen LogP contribution in [-0.2, 0) is 15.0 Å². The molecule has 5 heteroatoms. The van der Waals surface area contributed by atoms with Gasteiger partial charge < -0.3 is 15.0 Å². The third kappa shape index (κ3) is 5.25. The summed E-state index contributed by atoms with van der Waals surface area (Å²) in [4.78, 5) is 27.0. The molecule has 170 valence electrons. The molecule has 0 saturated carbocycles. The van der Waals surface area contributed by atoms with E-state index in [-0.39, 0.29) is 29.6 Å². The molecule has 3 aromatic rings. The highest BCUT2D eigenvalue weighted by molar-refractivity contribution is 6.03. The second kappa shape index (κ2) is 9.10. The number of para-hydroxylation sites is 1. The molecule has 1 aliphatic rings. The van der Waals surface area contributed by atoms with Crippen LogP contribution in [0, 0.1) is 12.8 Å². The first-order valence-electron chi connectivity index (χ1n) is 11.3. The van der Waals surface area contributed by atoms with Gasteiger partial charge in [0.05, 0.1) is 5.92 Å². The Hall–Kier alpha value is -3.60. The molecule has 0 radical (unpaired) electrons. The number of nitrogens with zero attached hydrogens (tertiary/aromatic N) is 1. The van der Waals surface area contributed by atoms with Crippen LogP contribution in [0.2, 0.25) is 0 Å². The molecule has 1 N–H and O–H groups in total. The maximum Gasteiger partial charge on any atom is 0.229 e. The van der Waals surface area contributed by atoms with Crippen molar-refractivity contribution in [3.8, 4) is 11.5 Å². The summed E-state index contributed by atoms with van der Waals surface area (Å²) < 4.78 is 5.93. The SMILES string of the molecule is Cc1ccccc1N1C[C@@H](C(=O)Nc2ccc(Oc3ccc(C(C)(C)C)cc3)cc2)CC1=O. The second-order valence-electron chi connectivity index (χ2n) is 9.58. The molecule has 2 amide bonds. The monoisotopic (exact) mass is 442 g/mol. The van der Waals surface area contributed by atoms with Crippen molar-refractivity contribution >= 4 is 23.2 Å². The molecule has 4 rings (SSSR count). The van der Waals surface area contributed by atoms with E-state index in [4.69, 9.17) is 4.74 Å².